The molecule has 1 N–H and O–H groups in total. The van der Waals surface area contributed by atoms with Gasteiger partial charge in [-0.05, 0) is 30.9 Å². The number of carbonyl (C=O) groups is 1. The van der Waals surface area contributed by atoms with E-state index >= 15 is 0 Å². The first kappa shape index (κ1) is 14.2. The Kier molecular flexibility index (Phi) is 3.73. The number of ether oxygens (including phenoxy) is 1. The molecule has 4 rings (SSSR count). The molecule has 2 aliphatic rings. The molecule has 1 aromatic carbocycles. The van der Waals surface area contributed by atoms with Crippen LogP contribution in [0.5, 0.6) is 5.75 Å². The number of para-hydroxylation sites is 1. The zero-order valence-corrected chi connectivity index (χ0v) is 13.0. The van der Waals surface area contributed by atoms with Crippen molar-refractivity contribution in [2.24, 2.45) is 5.92 Å². The average molecular weight is 312 g/mol. The highest BCUT2D eigenvalue weighted by molar-refractivity contribution is 5.79. The first-order valence-electron chi connectivity index (χ1n) is 8.20. The lowest BCUT2D eigenvalue weighted by molar-refractivity contribution is -0.125. The van der Waals surface area contributed by atoms with E-state index in [1.165, 1.54) is 0 Å². The molecular weight excluding hydrogens is 292 g/mol. The first-order valence-corrected chi connectivity index (χ1v) is 8.20. The number of hydrogen-bond donors (Lipinski definition) is 1. The lowest BCUT2D eigenvalue weighted by atomic mass is 9.96. The van der Waals surface area contributed by atoms with Crippen molar-refractivity contribution in [3.8, 4) is 5.75 Å². The molecule has 1 atom stereocenters. The predicted octanol–water partition coefficient (Wildman–Crippen LogP) is 1.48. The molecule has 0 unspecified atom stereocenters. The molecule has 1 amide bonds. The molecule has 6 nitrogen and oxygen atoms in total. The van der Waals surface area contributed by atoms with Gasteiger partial charge in [0.1, 0.15) is 11.6 Å². The van der Waals surface area contributed by atoms with Crippen molar-refractivity contribution in [1.82, 2.24) is 20.1 Å². The van der Waals surface area contributed by atoms with E-state index in [1.54, 1.807) is 0 Å². The smallest absolute Gasteiger partial charge is 0.223 e. The van der Waals surface area contributed by atoms with Crippen LogP contribution in [0.15, 0.2) is 24.3 Å². The van der Waals surface area contributed by atoms with Crippen molar-refractivity contribution >= 4 is 5.91 Å². The zero-order valence-electron chi connectivity index (χ0n) is 13.0. The lowest BCUT2D eigenvalue weighted by Crippen LogP contribution is -2.32. The van der Waals surface area contributed by atoms with Crippen LogP contribution in [0.3, 0.4) is 0 Å². The molecule has 2 aliphatic heterocycles. The largest absolute Gasteiger partial charge is 0.493 e. The number of fused-ring (bicyclic) bond motifs is 2. The highest BCUT2D eigenvalue weighted by Gasteiger charge is 2.24. The second-order valence-corrected chi connectivity index (χ2v) is 6.15. The van der Waals surface area contributed by atoms with Gasteiger partial charge >= 0.3 is 0 Å². The number of aryl methyl sites for hydroxylation is 1. The Morgan fingerprint density at radius 2 is 2.26 bits per heavy atom. The summed E-state index contributed by atoms with van der Waals surface area (Å²) in [4.78, 5) is 12.5. The van der Waals surface area contributed by atoms with Crippen LogP contribution in [-0.4, -0.2) is 27.3 Å². The maximum absolute atomic E-state index is 12.5. The second-order valence-electron chi connectivity index (χ2n) is 6.15. The van der Waals surface area contributed by atoms with E-state index in [-0.39, 0.29) is 11.8 Å². The van der Waals surface area contributed by atoms with Gasteiger partial charge in [0, 0.05) is 18.9 Å². The molecule has 1 aromatic heterocycles. The molecule has 0 saturated carbocycles. The fourth-order valence-corrected chi connectivity index (χ4v) is 3.37. The molecule has 0 spiro atoms. The Balaban J connectivity index is 1.41. The Morgan fingerprint density at radius 1 is 1.35 bits per heavy atom. The van der Waals surface area contributed by atoms with Gasteiger partial charge in [0.2, 0.25) is 5.91 Å². The summed E-state index contributed by atoms with van der Waals surface area (Å²) in [5.74, 6) is 2.81. The number of benzene rings is 1. The van der Waals surface area contributed by atoms with Gasteiger partial charge in [0.15, 0.2) is 5.82 Å². The predicted molar refractivity (Wildman–Crippen MR) is 83.9 cm³/mol. The molecule has 3 heterocycles. The molecule has 0 radical (unpaired) electrons. The van der Waals surface area contributed by atoms with Crippen molar-refractivity contribution < 1.29 is 9.53 Å². The molecule has 2 aromatic rings. The maximum Gasteiger partial charge on any atom is 0.223 e. The minimum Gasteiger partial charge on any atom is -0.493 e. The van der Waals surface area contributed by atoms with E-state index in [2.05, 4.69) is 20.1 Å². The third-order valence-electron chi connectivity index (χ3n) is 4.64. The van der Waals surface area contributed by atoms with E-state index in [0.29, 0.717) is 13.2 Å². The quantitative estimate of drug-likeness (QED) is 0.932. The van der Waals surface area contributed by atoms with Crippen LogP contribution < -0.4 is 10.1 Å². The molecule has 0 bridgehead atoms. The van der Waals surface area contributed by atoms with E-state index < -0.39 is 0 Å². The van der Waals surface area contributed by atoms with Gasteiger partial charge in [0.25, 0.3) is 0 Å². The average Bonchev–Trinajstić information content (AvgIpc) is 3.10. The maximum atomic E-state index is 12.5. The van der Waals surface area contributed by atoms with E-state index in [0.717, 1.165) is 55.2 Å². The molecule has 120 valence electrons. The minimum absolute atomic E-state index is 0.0559. The third-order valence-corrected chi connectivity index (χ3v) is 4.64. The SMILES string of the molecule is O=C(NCc1nnc2n1CCC2)[C@H]1CCOc2ccccc2C1. The number of amides is 1. The summed E-state index contributed by atoms with van der Waals surface area (Å²) in [7, 11) is 0. The summed E-state index contributed by atoms with van der Waals surface area (Å²) in [5, 5.41) is 11.4. The van der Waals surface area contributed by atoms with Crippen molar-refractivity contribution in [2.75, 3.05) is 6.61 Å². The number of nitrogens with one attached hydrogen (secondary N) is 1. The van der Waals surface area contributed by atoms with Crippen LogP contribution in [0.4, 0.5) is 0 Å². The van der Waals surface area contributed by atoms with Gasteiger partial charge in [-0.15, -0.1) is 10.2 Å². The summed E-state index contributed by atoms with van der Waals surface area (Å²) in [5.41, 5.74) is 1.11. The summed E-state index contributed by atoms with van der Waals surface area (Å²) in [6.07, 6.45) is 3.55. The molecule has 0 fully saturated rings. The monoisotopic (exact) mass is 312 g/mol. The summed E-state index contributed by atoms with van der Waals surface area (Å²) < 4.78 is 7.85. The zero-order chi connectivity index (χ0) is 15.6. The Bertz CT molecular complexity index is 725. The van der Waals surface area contributed by atoms with Crippen molar-refractivity contribution in [2.45, 2.75) is 38.8 Å². The van der Waals surface area contributed by atoms with Gasteiger partial charge in [0.05, 0.1) is 13.2 Å². The van der Waals surface area contributed by atoms with Crippen LogP contribution in [-0.2, 0) is 30.7 Å². The number of aromatic nitrogens is 3. The highest BCUT2D eigenvalue weighted by atomic mass is 16.5. The van der Waals surface area contributed by atoms with Crippen molar-refractivity contribution in [3.05, 3.63) is 41.5 Å². The van der Waals surface area contributed by atoms with Crippen LogP contribution in [0.1, 0.15) is 30.1 Å². The Hall–Kier alpha value is -2.37. The highest BCUT2D eigenvalue weighted by Crippen LogP contribution is 2.26. The number of carbonyl (C=O) groups excluding carboxylic acids is 1. The van der Waals surface area contributed by atoms with Gasteiger partial charge in [-0.2, -0.15) is 0 Å². The van der Waals surface area contributed by atoms with Gasteiger partial charge in [-0.3, -0.25) is 4.79 Å². The Labute approximate surface area is 134 Å². The summed E-state index contributed by atoms with van der Waals surface area (Å²) in [6.45, 7) is 1.98. The van der Waals surface area contributed by atoms with E-state index in [9.17, 15) is 4.79 Å². The van der Waals surface area contributed by atoms with Gasteiger partial charge in [-0.1, -0.05) is 18.2 Å². The van der Waals surface area contributed by atoms with Crippen molar-refractivity contribution in [1.29, 1.82) is 0 Å². The molecular formula is C17H20N4O2. The Morgan fingerprint density at radius 3 is 3.22 bits per heavy atom. The standard InChI is InChI=1S/C17H20N4O2/c22-17(18-11-16-20-19-15-6-3-8-21(15)16)13-7-9-23-14-5-2-1-4-12(14)10-13/h1-2,4-5,13H,3,6-11H2,(H,18,22)/t13-/m0/s1. The number of rotatable bonds is 3. The van der Waals surface area contributed by atoms with Crippen molar-refractivity contribution in [3.63, 3.8) is 0 Å². The first-order chi connectivity index (χ1) is 11.3. The molecule has 6 heteroatoms. The van der Waals surface area contributed by atoms with Crippen LogP contribution in [0.2, 0.25) is 0 Å². The summed E-state index contributed by atoms with van der Waals surface area (Å²) >= 11 is 0. The van der Waals surface area contributed by atoms with Gasteiger partial charge < -0.3 is 14.6 Å². The number of hydrogen-bond acceptors (Lipinski definition) is 4. The van der Waals surface area contributed by atoms with E-state index in [1.807, 2.05) is 24.3 Å². The lowest BCUT2D eigenvalue weighted by Gasteiger charge is -2.13. The van der Waals surface area contributed by atoms with Gasteiger partial charge in [-0.25, -0.2) is 0 Å². The minimum atomic E-state index is -0.0559. The fourth-order valence-electron chi connectivity index (χ4n) is 3.37. The van der Waals surface area contributed by atoms with Crippen LogP contribution in [0.25, 0.3) is 0 Å². The normalized spacial score (nSPS) is 19.4. The van der Waals surface area contributed by atoms with Crippen LogP contribution in [0, 0.1) is 5.92 Å². The van der Waals surface area contributed by atoms with E-state index in [4.69, 9.17) is 4.74 Å². The summed E-state index contributed by atoms with van der Waals surface area (Å²) in [6, 6.07) is 7.95. The third kappa shape index (κ3) is 2.81. The molecule has 0 saturated heterocycles. The van der Waals surface area contributed by atoms with Crippen LogP contribution >= 0.6 is 0 Å². The number of nitrogens with zero attached hydrogens (tertiary/aromatic N) is 3. The topological polar surface area (TPSA) is 69.0 Å². The molecule has 0 aliphatic carbocycles. The molecule has 23 heavy (non-hydrogen) atoms. The second kappa shape index (κ2) is 6.02. The fraction of sp³-hybridized carbons (Fsp3) is 0.471.